The molecule has 31 heavy (non-hydrogen) atoms. The molecule has 5 heteroatoms. The van der Waals surface area contributed by atoms with E-state index in [9.17, 15) is 9.59 Å². The predicted octanol–water partition coefficient (Wildman–Crippen LogP) is 5.39. The highest BCUT2D eigenvalue weighted by atomic mass is 16.5. The average Bonchev–Trinajstić information content (AvgIpc) is 2.78. The normalized spacial score (nSPS) is 11.7. The van der Waals surface area contributed by atoms with Gasteiger partial charge in [0, 0.05) is 16.6 Å². The van der Waals surface area contributed by atoms with Gasteiger partial charge in [-0.25, -0.2) is 9.78 Å². The standard InChI is InChI=1S/C26H22N2O3/c1-17-9-8-12-20(15-17)27-25(29)18(2)31-26(30)22-16-24(19-10-4-3-5-11-19)28-23-14-7-6-13-21(22)23/h3-16,18H,1-2H3,(H,27,29)/t18-/m0/s1. The van der Waals surface area contributed by atoms with Gasteiger partial charge >= 0.3 is 5.97 Å². The van der Waals surface area contributed by atoms with Gasteiger partial charge in [-0.1, -0.05) is 60.7 Å². The minimum atomic E-state index is -0.958. The van der Waals surface area contributed by atoms with Crippen molar-refractivity contribution in [3.63, 3.8) is 0 Å². The Morgan fingerprint density at radius 1 is 0.903 bits per heavy atom. The van der Waals surface area contributed by atoms with Gasteiger partial charge in [0.05, 0.1) is 16.8 Å². The Kier molecular flexibility index (Phi) is 5.76. The third kappa shape index (κ3) is 4.61. The number of nitrogens with one attached hydrogen (secondary N) is 1. The van der Waals surface area contributed by atoms with Gasteiger partial charge in [0.15, 0.2) is 6.10 Å². The van der Waals surface area contributed by atoms with E-state index in [1.807, 2.05) is 79.7 Å². The molecule has 4 rings (SSSR count). The van der Waals surface area contributed by atoms with Crippen LogP contribution in [0.1, 0.15) is 22.8 Å². The fourth-order valence-corrected chi connectivity index (χ4v) is 3.35. The molecule has 0 aliphatic rings. The van der Waals surface area contributed by atoms with E-state index >= 15 is 0 Å². The van der Waals surface area contributed by atoms with E-state index in [0.29, 0.717) is 27.8 Å². The largest absolute Gasteiger partial charge is 0.449 e. The lowest BCUT2D eigenvalue weighted by Gasteiger charge is -2.15. The molecule has 0 aliphatic heterocycles. The molecule has 1 aromatic heterocycles. The predicted molar refractivity (Wildman–Crippen MR) is 122 cm³/mol. The molecule has 3 aromatic carbocycles. The number of hydrogen-bond acceptors (Lipinski definition) is 4. The SMILES string of the molecule is Cc1cccc(NC(=O)[C@H](C)OC(=O)c2cc(-c3ccccc3)nc3ccccc23)c1. The zero-order valence-corrected chi connectivity index (χ0v) is 17.3. The first-order valence-electron chi connectivity index (χ1n) is 10.0. The Hall–Kier alpha value is -3.99. The van der Waals surface area contributed by atoms with Crippen molar-refractivity contribution >= 4 is 28.5 Å². The van der Waals surface area contributed by atoms with Crippen LogP contribution in [0.2, 0.25) is 0 Å². The quantitative estimate of drug-likeness (QED) is 0.448. The van der Waals surface area contributed by atoms with Crippen LogP contribution in [0.4, 0.5) is 5.69 Å². The van der Waals surface area contributed by atoms with E-state index in [1.54, 1.807) is 19.1 Å². The smallest absolute Gasteiger partial charge is 0.339 e. The number of aryl methyl sites for hydroxylation is 1. The van der Waals surface area contributed by atoms with Crippen LogP contribution in [0.15, 0.2) is 84.9 Å². The summed E-state index contributed by atoms with van der Waals surface area (Å²) >= 11 is 0. The van der Waals surface area contributed by atoms with E-state index < -0.39 is 12.1 Å². The number of carbonyl (C=O) groups excluding carboxylic acids is 2. The number of esters is 1. The monoisotopic (exact) mass is 410 g/mol. The molecule has 0 radical (unpaired) electrons. The van der Waals surface area contributed by atoms with Crippen LogP contribution in [0.25, 0.3) is 22.2 Å². The second-order valence-corrected chi connectivity index (χ2v) is 7.34. The van der Waals surface area contributed by atoms with Crippen molar-refractivity contribution in [2.75, 3.05) is 5.32 Å². The number of rotatable bonds is 5. The van der Waals surface area contributed by atoms with Gasteiger partial charge in [0.25, 0.3) is 5.91 Å². The van der Waals surface area contributed by atoms with Gasteiger partial charge in [-0.05, 0) is 43.7 Å². The number of nitrogens with zero attached hydrogens (tertiary/aromatic N) is 1. The van der Waals surface area contributed by atoms with Crippen LogP contribution in [0.3, 0.4) is 0 Å². The number of para-hydroxylation sites is 1. The van der Waals surface area contributed by atoms with Crippen LogP contribution in [-0.4, -0.2) is 23.0 Å². The van der Waals surface area contributed by atoms with E-state index in [0.717, 1.165) is 11.1 Å². The molecule has 0 saturated heterocycles. The van der Waals surface area contributed by atoms with Crippen LogP contribution < -0.4 is 5.32 Å². The molecule has 0 spiro atoms. The van der Waals surface area contributed by atoms with Crippen molar-refractivity contribution in [1.29, 1.82) is 0 Å². The molecule has 5 nitrogen and oxygen atoms in total. The summed E-state index contributed by atoms with van der Waals surface area (Å²) in [5.41, 5.74) is 4.32. The summed E-state index contributed by atoms with van der Waals surface area (Å²) in [6.07, 6.45) is -0.958. The molecule has 4 aromatic rings. The lowest BCUT2D eigenvalue weighted by molar-refractivity contribution is -0.123. The minimum absolute atomic E-state index is 0.375. The maximum absolute atomic E-state index is 13.0. The molecule has 0 unspecified atom stereocenters. The summed E-state index contributed by atoms with van der Waals surface area (Å²) < 4.78 is 5.52. The van der Waals surface area contributed by atoms with Gasteiger partial charge < -0.3 is 10.1 Å². The fourth-order valence-electron chi connectivity index (χ4n) is 3.35. The highest BCUT2D eigenvalue weighted by Crippen LogP contribution is 2.25. The highest BCUT2D eigenvalue weighted by molar-refractivity contribution is 6.06. The Morgan fingerprint density at radius 2 is 1.65 bits per heavy atom. The topological polar surface area (TPSA) is 68.3 Å². The summed E-state index contributed by atoms with van der Waals surface area (Å²) in [4.78, 5) is 30.3. The summed E-state index contributed by atoms with van der Waals surface area (Å²) in [6.45, 7) is 3.50. The van der Waals surface area contributed by atoms with E-state index in [1.165, 1.54) is 0 Å². The van der Waals surface area contributed by atoms with Gasteiger partial charge in [-0.15, -0.1) is 0 Å². The maximum atomic E-state index is 13.0. The molecule has 154 valence electrons. The molecule has 1 atom stereocenters. The summed E-state index contributed by atoms with van der Waals surface area (Å²) in [7, 11) is 0. The number of amides is 1. The van der Waals surface area contributed by atoms with E-state index in [-0.39, 0.29) is 5.91 Å². The molecule has 0 aliphatic carbocycles. The van der Waals surface area contributed by atoms with Gasteiger partial charge in [-0.2, -0.15) is 0 Å². The van der Waals surface area contributed by atoms with Crippen molar-refractivity contribution in [3.05, 3.63) is 96.1 Å². The lowest BCUT2D eigenvalue weighted by Crippen LogP contribution is -2.30. The number of aromatic nitrogens is 1. The molecular formula is C26H22N2O3. The van der Waals surface area contributed by atoms with Crippen LogP contribution in [0.5, 0.6) is 0 Å². The van der Waals surface area contributed by atoms with Gasteiger partial charge in [0.2, 0.25) is 0 Å². The Bertz CT molecular complexity index is 1250. The molecule has 1 amide bonds. The number of hydrogen-bond donors (Lipinski definition) is 1. The Balaban J connectivity index is 1.60. The molecule has 1 heterocycles. The number of anilines is 1. The van der Waals surface area contributed by atoms with Crippen molar-refractivity contribution in [1.82, 2.24) is 4.98 Å². The summed E-state index contributed by atoms with van der Waals surface area (Å²) in [6, 6.07) is 26.2. The molecule has 0 fully saturated rings. The molecule has 1 N–H and O–H groups in total. The molecule has 0 saturated carbocycles. The van der Waals surface area contributed by atoms with Crippen molar-refractivity contribution in [2.45, 2.75) is 20.0 Å². The molecular weight excluding hydrogens is 388 g/mol. The Labute approximate surface area is 180 Å². The van der Waals surface area contributed by atoms with E-state index in [2.05, 4.69) is 10.3 Å². The van der Waals surface area contributed by atoms with Crippen LogP contribution in [-0.2, 0) is 9.53 Å². The Morgan fingerprint density at radius 3 is 2.42 bits per heavy atom. The highest BCUT2D eigenvalue weighted by Gasteiger charge is 2.21. The first-order chi connectivity index (χ1) is 15.0. The first kappa shape index (κ1) is 20.3. The number of ether oxygens (including phenoxy) is 1. The van der Waals surface area contributed by atoms with Crippen LogP contribution >= 0.6 is 0 Å². The third-order valence-corrected chi connectivity index (χ3v) is 4.94. The number of pyridine rings is 1. The zero-order chi connectivity index (χ0) is 21.8. The van der Waals surface area contributed by atoms with E-state index in [4.69, 9.17) is 4.74 Å². The van der Waals surface area contributed by atoms with Crippen LogP contribution in [0, 0.1) is 6.92 Å². The van der Waals surface area contributed by atoms with Crippen molar-refractivity contribution < 1.29 is 14.3 Å². The zero-order valence-electron chi connectivity index (χ0n) is 17.3. The first-order valence-corrected chi connectivity index (χ1v) is 10.0. The minimum Gasteiger partial charge on any atom is -0.449 e. The molecule has 0 bridgehead atoms. The second-order valence-electron chi connectivity index (χ2n) is 7.34. The number of benzene rings is 3. The average molecular weight is 410 g/mol. The third-order valence-electron chi connectivity index (χ3n) is 4.94. The fraction of sp³-hybridized carbons (Fsp3) is 0.115. The number of carbonyl (C=O) groups is 2. The lowest BCUT2D eigenvalue weighted by atomic mass is 10.0. The second kappa shape index (κ2) is 8.79. The number of fused-ring (bicyclic) bond motifs is 1. The maximum Gasteiger partial charge on any atom is 0.339 e. The van der Waals surface area contributed by atoms with Gasteiger partial charge in [0.1, 0.15) is 0 Å². The summed E-state index contributed by atoms with van der Waals surface area (Å²) in [5, 5.41) is 3.46. The summed E-state index contributed by atoms with van der Waals surface area (Å²) in [5.74, 6) is -0.955. The van der Waals surface area contributed by atoms with Crippen molar-refractivity contribution in [3.8, 4) is 11.3 Å². The van der Waals surface area contributed by atoms with Crippen molar-refractivity contribution in [2.24, 2.45) is 0 Å². The van der Waals surface area contributed by atoms with Gasteiger partial charge in [-0.3, -0.25) is 4.79 Å².